The lowest BCUT2D eigenvalue weighted by atomic mass is 10.1. The van der Waals surface area contributed by atoms with Gasteiger partial charge in [-0.25, -0.2) is 4.79 Å². The average molecular weight is 327 g/mol. The minimum atomic E-state index is -0.425. The summed E-state index contributed by atoms with van der Waals surface area (Å²) in [7, 11) is 0. The van der Waals surface area contributed by atoms with Gasteiger partial charge in [0.1, 0.15) is 17.6 Å². The van der Waals surface area contributed by atoms with Gasteiger partial charge in [-0.15, -0.1) is 0 Å². The quantitative estimate of drug-likeness (QED) is 0.870. The summed E-state index contributed by atoms with van der Waals surface area (Å²) in [4.78, 5) is 25.9. The number of carbonyl (C=O) groups excluding carboxylic acids is 1. The van der Waals surface area contributed by atoms with Crippen molar-refractivity contribution >= 4 is 5.91 Å². The van der Waals surface area contributed by atoms with E-state index in [-0.39, 0.29) is 12.0 Å². The molecule has 1 atom stereocenters. The fourth-order valence-electron chi connectivity index (χ4n) is 3.13. The fraction of sp³-hybridized carbons (Fsp3) is 0.368. The molecule has 1 unspecified atom stereocenters. The summed E-state index contributed by atoms with van der Waals surface area (Å²) in [5, 5.41) is 0. The molecule has 1 amide bonds. The van der Waals surface area contributed by atoms with Crippen molar-refractivity contribution in [2.45, 2.75) is 33.3 Å². The van der Waals surface area contributed by atoms with Crippen molar-refractivity contribution in [2.75, 3.05) is 13.1 Å². The highest BCUT2D eigenvalue weighted by Gasteiger charge is 2.28. The lowest BCUT2D eigenvalue weighted by molar-refractivity contribution is 0.0772. The van der Waals surface area contributed by atoms with Crippen molar-refractivity contribution in [3.63, 3.8) is 0 Å². The molecule has 0 spiro atoms. The van der Waals surface area contributed by atoms with Crippen LogP contribution in [0.15, 0.2) is 39.5 Å². The molecule has 0 radical (unpaired) electrons. The van der Waals surface area contributed by atoms with Crippen molar-refractivity contribution in [1.29, 1.82) is 0 Å². The first kappa shape index (κ1) is 16.3. The first-order valence-corrected chi connectivity index (χ1v) is 8.07. The zero-order chi connectivity index (χ0) is 17.3. The molecular formula is C19H21NO4. The Morgan fingerprint density at radius 2 is 1.83 bits per heavy atom. The zero-order valence-corrected chi connectivity index (χ0v) is 14.2. The monoisotopic (exact) mass is 327 g/mol. The Balaban J connectivity index is 1.68. The van der Waals surface area contributed by atoms with E-state index in [4.69, 9.17) is 9.15 Å². The van der Waals surface area contributed by atoms with Crippen LogP contribution in [-0.4, -0.2) is 30.0 Å². The van der Waals surface area contributed by atoms with Gasteiger partial charge in [0.2, 0.25) is 0 Å². The van der Waals surface area contributed by atoms with E-state index in [0.29, 0.717) is 30.2 Å². The number of ether oxygens (including phenoxy) is 1. The second-order valence-electron chi connectivity index (χ2n) is 6.38. The summed E-state index contributed by atoms with van der Waals surface area (Å²) in [6, 6.07) is 8.90. The molecule has 0 aliphatic carbocycles. The van der Waals surface area contributed by atoms with E-state index in [9.17, 15) is 9.59 Å². The predicted octanol–water partition coefficient (Wildman–Crippen LogP) is 2.86. The predicted molar refractivity (Wildman–Crippen MR) is 90.6 cm³/mol. The SMILES string of the molecule is Cc1cc(C)cc(C(=O)N2CCC(Oc3cc(C)oc(=O)c3)C2)c1. The molecule has 2 aromatic rings. The lowest BCUT2D eigenvalue weighted by Crippen LogP contribution is -2.31. The van der Waals surface area contributed by atoms with Crippen molar-refractivity contribution in [1.82, 2.24) is 4.90 Å². The molecule has 126 valence electrons. The number of carbonyl (C=O) groups is 1. The molecule has 1 aromatic heterocycles. The van der Waals surface area contributed by atoms with Crippen LogP contribution in [0.5, 0.6) is 5.75 Å². The largest absolute Gasteiger partial charge is 0.488 e. The summed E-state index contributed by atoms with van der Waals surface area (Å²) >= 11 is 0. The maximum atomic E-state index is 12.7. The molecule has 5 nitrogen and oxygen atoms in total. The molecule has 1 saturated heterocycles. The fourth-order valence-corrected chi connectivity index (χ4v) is 3.13. The van der Waals surface area contributed by atoms with Gasteiger partial charge >= 0.3 is 5.63 Å². The van der Waals surface area contributed by atoms with E-state index < -0.39 is 5.63 Å². The summed E-state index contributed by atoms with van der Waals surface area (Å²) in [6.07, 6.45) is 0.636. The molecule has 1 aromatic carbocycles. The molecule has 1 fully saturated rings. The molecule has 0 saturated carbocycles. The highest BCUT2D eigenvalue weighted by Crippen LogP contribution is 2.20. The van der Waals surface area contributed by atoms with E-state index in [0.717, 1.165) is 17.5 Å². The van der Waals surface area contributed by atoms with Gasteiger partial charge in [0.25, 0.3) is 5.91 Å². The Morgan fingerprint density at radius 1 is 1.12 bits per heavy atom. The Hall–Kier alpha value is -2.56. The Morgan fingerprint density at radius 3 is 2.50 bits per heavy atom. The van der Waals surface area contributed by atoms with Gasteiger partial charge in [0.05, 0.1) is 12.6 Å². The van der Waals surface area contributed by atoms with Gasteiger partial charge in [-0.1, -0.05) is 17.2 Å². The third-order valence-electron chi connectivity index (χ3n) is 4.07. The first-order chi connectivity index (χ1) is 11.4. The molecule has 1 aliphatic rings. The van der Waals surface area contributed by atoms with E-state index in [1.54, 1.807) is 17.9 Å². The van der Waals surface area contributed by atoms with Gasteiger partial charge < -0.3 is 14.1 Å². The van der Waals surface area contributed by atoms with Crippen LogP contribution in [0.2, 0.25) is 0 Å². The van der Waals surface area contributed by atoms with E-state index in [1.807, 2.05) is 26.0 Å². The second-order valence-corrected chi connectivity index (χ2v) is 6.38. The van der Waals surface area contributed by atoms with Crippen LogP contribution in [-0.2, 0) is 0 Å². The van der Waals surface area contributed by atoms with Crippen LogP contribution in [0.25, 0.3) is 0 Å². The van der Waals surface area contributed by atoms with Crippen LogP contribution in [0.1, 0.15) is 33.7 Å². The summed E-state index contributed by atoms with van der Waals surface area (Å²) in [6.45, 7) is 6.85. The van der Waals surface area contributed by atoms with Crippen molar-refractivity contribution in [3.8, 4) is 5.75 Å². The number of likely N-dealkylation sites (tertiary alicyclic amines) is 1. The number of nitrogens with zero attached hydrogens (tertiary/aromatic N) is 1. The van der Waals surface area contributed by atoms with Gasteiger partial charge in [-0.2, -0.15) is 0 Å². The van der Waals surface area contributed by atoms with Crippen LogP contribution in [0, 0.1) is 20.8 Å². The number of amides is 1. The number of aryl methyl sites for hydroxylation is 3. The van der Waals surface area contributed by atoms with Gasteiger partial charge in [-0.05, 0) is 32.9 Å². The molecule has 1 aliphatic heterocycles. The smallest absolute Gasteiger partial charge is 0.339 e. The van der Waals surface area contributed by atoms with Crippen LogP contribution >= 0.6 is 0 Å². The summed E-state index contributed by atoms with van der Waals surface area (Å²) in [5.74, 6) is 1.03. The lowest BCUT2D eigenvalue weighted by Gasteiger charge is -2.18. The van der Waals surface area contributed by atoms with Crippen LogP contribution in [0.4, 0.5) is 0 Å². The Labute approximate surface area is 140 Å². The number of benzene rings is 1. The zero-order valence-electron chi connectivity index (χ0n) is 14.2. The third-order valence-corrected chi connectivity index (χ3v) is 4.07. The minimum absolute atomic E-state index is 0.0247. The molecule has 24 heavy (non-hydrogen) atoms. The minimum Gasteiger partial charge on any atom is -0.488 e. The first-order valence-electron chi connectivity index (χ1n) is 8.07. The molecule has 0 N–H and O–H groups in total. The van der Waals surface area contributed by atoms with Crippen molar-refractivity contribution < 1.29 is 13.9 Å². The molecule has 0 bridgehead atoms. The maximum Gasteiger partial charge on any atom is 0.339 e. The second kappa shape index (κ2) is 6.51. The Bertz CT molecular complexity index is 804. The number of hydrogen-bond donors (Lipinski definition) is 0. The molecule has 3 rings (SSSR count). The summed E-state index contributed by atoms with van der Waals surface area (Å²) in [5.41, 5.74) is 2.45. The van der Waals surface area contributed by atoms with E-state index >= 15 is 0 Å². The number of hydrogen-bond acceptors (Lipinski definition) is 4. The van der Waals surface area contributed by atoms with Gasteiger partial charge in [0, 0.05) is 24.6 Å². The average Bonchev–Trinajstić information content (AvgIpc) is 2.92. The van der Waals surface area contributed by atoms with Gasteiger partial charge in [0.15, 0.2) is 0 Å². The van der Waals surface area contributed by atoms with Gasteiger partial charge in [-0.3, -0.25) is 4.79 Å². The summed E-state index contributed by atoms with van der Waals surface area (Å²) < 4.78 is 10.8. The maximum absolute atomic E-state index is 12.7. The highest BCUT2D eigenvalue weighted by atomic mass is 16.5. The standard InChI is InChI=1S/C19H21NO4/c1-12-6-13(2)8-15(7-12)19(22)20-5-4-16(11-20)24-17-9-14(3)23-18(21)10-17/h6-10,16H,4-5,11H2,1-3H3. The third kappa shape index (κ3) is 3.67. The van der Waals surface area contributed by atoms with Crippen LogP contribution in [0.3, 0.4) is 0 Å². The molecule has 5 heteroatoms. The van der Waals surface area contributed by atoms with E-state index in [2.05, 4.69) is 6.07 Å². The molecular weight excluding hydrogens is 306 g/mol. The normalized spacial score (nSPS) is 17.1. The van der Waals surface area contributed by atoms with E-state index in [1.165, 1.54) is 6.07 Å². The topological polar surface area (TPSA) is 59.8 Å². The highest BCUT2D eigenvalue weighted by molar-refractivity contribution is 5.94. The van der Waals surface area contributed by atoms with Crippen LogP contribution < -0.4 is 10.4 Å². The molecule has 2 heterocycles. The van der Waals surface area contributed by atoms with Crippen molar-refractivity contribution in [2.24, 2.45) is 0 Å². The van der Waals surface area contributed by atoms with Crippen molar-refractivity contribution in [3.05, 3.63) is 63.2 Å². The Kier molecular flexibility index (Phi) is 4.42. The number of rotatable bonds is 3.